The molecule has 1 aliphatic rings. The summed E-state index contributed by atoms with van der Waals surface area (Å²) >= 11 is 0. The highest BCUT2D eigenvalue weighted by Crippen LogP contribution is 2.42. The Bertz CT molecular complexity index is 278. The molecule has 0 saturated carbocycles. The summed E-state index contributed by atoms with van der Waals surface area (Å²) in [5, 5.41) is 9.49. The van der Waals surface area contributed by atoms with E-state index in [1.165, 1.54) is 24.0 Å². The summed E-state index contributed by atoms with van der Waals surface area (Å²) in [6.07, 6.45) is 8.86. The fourth-order valence-corrected chi connectivity index (χ4v) is 2.38. The van der Waals surface area contributed by atoms with E-state index in [2.05, 4.69) is 26.7 Å². The minimum atomic E-state index is -0.614. The highest BCUT2D eigenvalue weighted by molar-refractivity contribution is 5.24. The standard InChI is InChI=1S/C13H20O/c1-5-11(14)9-12-10(2)7-6-8-13(12,3)4/h1,11,14H,6-9H2,2-4H3/t11-/m1/s1. The van der Waals surface area contributed by atoms with Gasteiger partial charge in [0.1, 0.15) is 6.10 Å². The zero-order valence-corrected chi connectivity index (χ0v) is 9.43. The predicted molar refractivity (Wildman–Crippen MR) is 59.8 cm³/mol. The molecule has 1 heteroatoms. The van der Waals surface area contributed by atoms with Crippen LogP contribution < -0.4 is 0 Å². The molecule has 1 N–H and O–H groups in total. The van der Waals surface area contributed by atoms with Crippen LogP contribution in [0.5, 0.6) is 0 Å². The Balaban J connectivity index is 2.86. The van der Waals surface area contributed by atoms with Crippen molar-refractivity contribution in [1.29, 1.82) is 0 Å². The fourth-order valence-electron chi connectivity index (χ4n) is 2.38. The Labute approximate surface area is 87.2 Å². The van der Waals surface area contributed by atoms with Gasteiger partial charge in [0, 0.05) is 6.42 Å². The SMILES string of the molecule is C#C[C@@H](O)CC1=C(C)CCCC1(C)C. The maximum absolute atomic E-state index is 9.49. The maximum Gasteiger partial charge on any atom is 0.118 e. The van der Waals surface area contributed by atoms with Gasteiger partial charge in [-0.15, -0.1) is 6.42 Å². The third-order valence-corrected chi connectivity index (χ3v) is 3.28. The molecule has 0 aliphatic heterocycles. The summed E-state index contributed by atoms with van der Waals surface area (Å²) in [5.41, 5.74) is 3.02. The highest BCUT2D eigenvalue weighted by Gasteiger charge is 2.28. The molecule has 0 aromatic rings. The minimum Gasteiger partial charge on any atom is -0.380 e. The number of aliphatic hydroxyl groups is 1. The largest absolute Gasteiger partial charge is 0.380 e. The molecular weight excluding hydrogens is 172 g/mol. The quantitative estimate of drug-likeness (QED) is 0.527. The van der Waals surface area contributed by atoms with E-state index in [-0.39, 0.29) is 5.41 Å². The lowest BCUT2D eigenvalue weighted by molar-refractivity contribution is 0.216. The van der Waals surface area contributed by atoms with Crippen LogP contribution >= 0.6 is 0 Å². The van der Waals surface area contributed by atoms with E-state index >= 15 is 0 Å². The van der Waals surface area contributed by atoms with Gasteiger partial charge in [0.15, 0.2) is 0 Å². The second-order valence-corrected chi connectivity index (χ2v) is 4.88. The van der Waals surface area contributed by atoms with Crippen LogP contribution in [0, 0.1) is 17.8 Å². The summed E-state index contributed by atoms with van der Waals surface area (Å²) < 4.78 is 0. The van der Waals surface area contributed by atoms with Crippen molar-refractivity contribution in [2.45, 2.75) is 52.6 Å². The Morgan fingerprint density at radius 1 is 1.57 bits per heavy atom. The van der Waals surface area contributed by atoms with Crippen LogP contribution in [0.2, 0.25) is 0 Å². The van der Waals surface area contributed by atoms with Gasteiger partial charge < -0.3 is 5.11 Å². The average Bonchev–Trinajstić information content (AvgIpc) is 2.11. The normalized spacial score (nSPS) is 23.1. The van der Waals surface area contributed by atoms with Crippen LogP contribution in [-0.4, -0.2) is 11.2 Å². The van der Waals surface area contributed by atoms with Crippen LogP contribution in [0.3, 0.4) is 0 Å². The Morgan fingerprint density at radius 2 is 2.21 bits per heavy atom. The van der Waals surface area contributed by atoms with E-state index in [4.69, 9.17) is 6.42 Å². The second kappa shape index (κ2) is 4.19. The first-order valence-electron chi connectivity index (χ1n) is 5.30. The van der Waals surface area contributed by atoms with Crippen LogP contribution in [-0.2, 0) is 0 Å². The zero-order valence-electron chi connectivity index (χ0n) is 9.43. The minimum absolute atomic E-state index is 0.222. The van der Waals surface area contributed by atoms with Crippen molar-refractivity contribution >= 4 is 0 Å². The van der Waals surface area contributed by atoms with Crippen LogP contribution in [0.15, 0.2) is 11.1 Å². The molecule has 0 fully saturated rings. The van der Waals surface area contributed by atoms with Crippen molar-refractivity contribution in [3.05, 3.63) is 11.1 Å². The van der Waals surface area contributed by atoms with Gasteiger partial charge in [0.2, 0.25) is 0 Å². The van der Waals surface area contributed by atoms with Crippen LogP contribution in [0.1, 0.15) is 46.5 Å². The first-order valence-corrected chi connectivity index (χ1v) is 5.30. The molecule has 1 atom stereocenters. The molecule has 0 radical (unpaired) electrons. The first kappa shape index (κ1) is 11.3. The molecule has 0 unspecified atom stereocenters. The number of allylic oxidation sites excluding steroid dienone is 1. The van der Waals surface area contributed by atoms with Gasteiger partial charge in [0.05, 0.1) is 0 Å². The number of terminal acetylenes is 1. The number of rotatable bonds is 2. The molecule has 1 nitrogen and oxygen atoms in total. The smallest absolute Gasteiger partial charge is 0.118 e. The molecule has 0 bridgehead atoms. The predicted octanol–water partition coefficient (Wildman–Crippen LogP) is 2.90. The molecular formula is C13H20O. The van der Waals surface area contributed by atoms with Gasteiger partial charge in [-0.1, -0.05) is 30.9 Å². The first-order chi connectivity index (χ1) is 6.47. The molecule has 0 amide bonds. The summed E-state index contributed by atoms with van der Waals surface area (Å²) in [4.78, 5) is 0. The number of hydrogen-bond acceptors (Lipinski definition) is 1. The van der Waals surface area contributed by atoms with Crippen molar-refractivity contribution in [3.63, 3.8) is 0 Å². The second-order valence-electron chi connectivity index (χ2n) is 4.88. The molecule has 0 aromatic heterocycles. The van der Waals surface area contributed by atoms with E-state index in [9.17, 15) is 5.11 Å². The molecule has 14 heavy (non-hydrogen) atoms. The molecule has 0 saturated heterocycles. The van der Waals surface area contributed by atoms with Crippen molar-refractivity contribution in [3.8, 4) is 12.3 Å². The molecule has 1 aliphatic carbocycles. The van der Waals surface area contributed by atoms with E-state index in [1.807, 2.05) is 0 Å². The Hall–Kier alpha value is -0.740. The molecule has 0 heterocycles. The lowest BCUT2D eigenvalue weighted by Gasteiger charge is -2.35. The van der Waals surface area contributed by atoms with Crippen LogP contribution in [0.4, 0.5) is 0 Å². The van der Waals surface area contributed by atoms with Gasteiger partial charge in [-0.3, -0.25) is 0 Å². The van der Waals surface area contributed by atoms with E-state index in [0.717, 1.165) is 6.42 Å². The van der Waals surface area contributed by atoms with Crippen molar-refractivity contribution in [1.82, 2.24) is 0 Å². The molecule has 78 valence electrons. The summed E-state index contributed by atoms with van der Waals surface area (Å²) in [5.74, 6) is 2.39. The lowest BCUT2D eigenvalue weighted by Crippen LogP contribution is -2.23. The Kier molecular flexibility index (Phi) is 3.39. The highest BCUT2D eigenvalue weighted by atomic mass is 16.3. The third kappa shape index (κ3) is 2.39. The zero-order chi connectivity index (χ0) is 10.8. The topological polar surface area (TPSA) is 20.2 Å². The Morgan fingerprint density at radius 3 is 2.71 bits per heavy atom. The fraction of sp³-hybridized carbons (Fsp3) is 0.692. The monoisotopic (exact) mass is 192 g/mol. The van der Waals surface area contributed by atoms with Crippen LogP contribution in [0.25, 0.3) is 0 Å². The van der Waals surface area contributed by atoms with Gasteiger partial charge in [0.25, 0.3) is 0 Å². The van der Waals surface area contributed by atoms with E-state index in [1.54, 1.807) is 0 Å². The molecule has 1 rings (SSSR count). The summed E-state index contributed by atoms with van der Waals surface area (Å²) in [6.45, 7) is 6.65. The summed E-state index contributed by atoms with van der Waals surface area (Å²) in [6, 6.07) is 0. The van der Waals surface area contributed by atoms with Gasteiger partial charge in [-0.05, 0) is 31.6 Å². The third-order valence-electron chi connectivity index (χ3n) is 3.28. The van der Waals surface area contributed by atoms with Gasteiger partial charge in [-0.2, -0.15) is 0 Å². The van der Waals surface area contributed by atoms with Gasteiger partial charge >= 0.3 is 0 Å². The van der Waals surface area contributed by atoms with Crippen molar-refractivity contribution < 1.29 is 5.11 Å². The average molecular weight is 192 g/mol. The van der Waals surface area contributed by atoms with Crippen molar-refractivity contribution in [2.24, 2.45) is 5.41 Å². The maximum atomic E-state index is 9.49. The molecule has 0 spiro atoms. The summed E-state index contributed by atoms with van der Waals surface area (Å²) in [7, 11) is 0. The van der Waals surface area contributed by atoms with Crippen molar-refractivity contribution in [2.75, 3.05) is 0 Å². The lowest BCUT2D eigenvalue weighted by atomic mass is 9.71. The molecule has 0 aromatic carbocycles. The number of aliphatic hydroxyl groups excluding tert-OH is 1. The van der Waals surface area contributed by atoms with Gasteiger partial charge in [-0.25, -0.2) is 0 Å². The number of hydrogen-bond donors (Lipinski definition) is 1. The van der Waals surface area contributed by atoms with E-state index < -0.39 is 6.10 Å². The van der Waals surface area contributed by atoms with E-state index in [0.29, 0.717) is 6.42 Å².